The van der Waals surface area contributed by atoms with Gasteiger partial charge in [-0.2, -0.15) is 0 Å². The number of fused-ring (bicyclic) bond motifs is 1. The largest absolute Gasteiger partial charge is 0.326 e. The van der Waals surface area contributed by atoms with Crippen LogP contribution < -0.4 is 5.32 Å². The van der Waals surface area contributed by atoms with Gasteiger partial charge in [-0.25, -0.2) is 4.39 Å². The molecule has 23 heavy (non-hydrogen) atoms. The number of amides is 1. The predicted molar refractivity (Wildman–Crippen MR) is 90.3 cm³/mol. The number of halogens is 1. The third kappa shape index (κ3) is 4.05. The number of nitrogens with one attached hydrogen (secondary N) is 1. The quantitative estimate of drug-likeness (QED) is 0.915. The standard InChI is InChI=1S/C18H18FNO2S/c19-15-5-7-16(8-6-15)20-18(21)9-10-23(22)17-11-13-3-1-2-4-14(13)12-17/h1-8,17H,9-12H2,(H,20,21)/t23-/m0/s1. The van der Waals surface area contributed by atoms with Crippen molar-refractivity contribution in [3.8, 4) is 0 Å². The van der Waals surface area contributed by atoms with Gasteiger partial charge in [-0.05, 0) is 48.2 Å². The maximum absolute atomic E-state index is 12.8. The highest BCUT2D eigenvalue weighted by Gasteiger charge is 2.26. The molecule has 3 nitrogen and oxygen atoms in total. The average Bonchev–Trinajstić information content (AvgIpc) is 2.99. The normalized spacial score (nSPS) is 15.2. The minimum absolute atomic E-state index is 0.103. The number of benzene rings is 2. The lowest BCUT2D eigenvalue weighted by Crippen LogP contribution is -2.22. The summed E-state index contributed by atoms with van der Waals surface area (Å²) >= 11 is 0. The van der Waals surface area contributed by atoms with Gasteiger partial charge in [0.05, 0.1) is 0 Å². The number of rotatable bonds is 5. The highest BCUT2D eigenvalue weighted by Crippen LogP contribution is 2.25. The van der Waals surface area contributed by atoms with E-state index >= 15 is 0 Å². The van der Waals surface area contributed by atoms with Gasteiger partial charge in [0.1, 0.15) is 5.82 Å². The molecule has 5 heteroatoms. The van der Waals surface area contributed by atoms with Crippen molar-refractivity contribution in [1.29, 1.82) is 0 Å². The monoisotopic (exact) mass is 331 g/mol. The van der Waals surface area contributed by atoms with Gasteiger partial charge in [0.25, 0.3) is 0 Å². The zero-order valence-electron chi connectivity index (χ0n) is 12.6. The Kier molecular flexibility index (Phi) is 4.86. The van der Waals surface area contributed by atoms with Gasteiger partial charge >= 0.3 is 0 Å². The third-order valence-corrected chi connectivity index (χ3v) is 5.73. The van der Waals surface area contributed by atoms with E-state index in [1.807, 2.05) is 12.1 Å². The lowest BCUT2D eigenvalue weighted by atomic mass is 10.1. The lowest BCUT2D eigenvalue weighted by molar-refractivity contribution is -0.115. The van der Waals surface area contributed by atoms with Gasteiger partial charge in [0, 0.05) is 33.9 Å². The average molecular weight is 331 g/mol. The zero-order valence-corrected chi connectivity index (χ0v) is 13.4. The lowest BCUT2D eigenvalue weighted by Gasteiger charge is -2.09. The van der Waals surface area contributed by atoms with Gasteiger partial charge in [-0.3, -0.25) is 9.00 Å². The first-order chi connectivity index (χ1) is 11.1. The maximum Gasteiger partial charge on any atom is 0.225 e. The molecule has 1 aliphatic carbocycles. The molecule has 0 saturated heterocycles. The van der Waals surface area contributed by atoms with Crippen molar-refractivity contribution in [3.63, 3.8) is 0 Å². The Hall–Kier alpha value is -2.01. The van der Waals surface area contributed by atoms with Gasteiger partial charge < -0.3 is 5.32 Å². The summed E-state index contributed by atoms with van der Waals surface area (Å²) in [6, 6.07) is 13.8. The molecule has 3 rings (SSSR count). The van der Waals surface area contributed by atoms with Gasteiger partial charge in [0.2, 0.25) is 5.91 Å². The van der Waals surface area contributed by atoms with Gasteiger partial charge in [0.15, 0.2) is 0 Å². The van der Waals surface area contributed by atoms with Crippen molar-refractivity contribution in [2.24, 2.45) is 0 Å². The molecule has 1 amide bonds. The topological polar surface area (TPSA) is 46.2 Å². The third-order valence-electron chi connectivity index (χ3n) is 4.04. The van der Waals surface area contributed by atoms with Crippen LogP contribution in [0.3, 0.4) is 0 Å². The molecule has 2 aromatic rings. The SMILES string of the molecule is O=C(CC[S@](=O)C1Cc2ccccc2C1)Nc1ccc(F)cc1. The van der Waals surface area contributed by atoms with Crippen molar-refractivity contribution < 1.29 is 13.4 Å². The van der Waals surface area contributed by atoms with Crippen LogP contribution in [0.25, 0.3) is 0 Å². The molecule has 1 aliphatic rings. The maximum atomic E-state index is 12.8. The molecule has 1 atom stereocenters. The molecule has 0 fully saturated rings. The number of carbonyl (C=O) groups is 1. The van der Waals surface area contributed by atoms with Crippen LogP contribution in [0.2, 0.25) is 0 Å². The summed E-state index contributed by atoms with van der Waals surface area (Å²) in [5, 5.41) is 2.79. The van der Waals surface area contributed by atoms with E-state index in [9.17, 15) is 13.4 Å². The molecule has 0 spiro atoms. The zero-order chi connectivity index (χ0) is 16.2. The first-order valence-corrected chi connectivity index (χ1v) is 8.99. The van der Waals surface area contributed by atoms with Gasteiger partial charge in [-0.1, -0.05) is 24.3 Å². The van der Waals surface area contributed by atoms with Crippen LogP contribution in [0.1, 0.15) is 17.5 Å². The van der Waals surface area contributed by atoms with E-state index in [0.29, 0.717) is 11.4 Å². The molecule has 120 valence electrons. The number of carbonyl (C=O) groups excluding carboxylic acids is 1. The van der Waals surface area contributed by atoms with Crippen LogP contribution in [0.15, 0.2) is 48.5 Å². The van der Waals surface area contributed by atoms with E-state index in [1.54, 1.807) is 0 Å². The van der Waals surface area contributed by atoms with Crippen LogP contribution in [0, 0.1) is 5.82 Å². The molecule has 0 aliphatic heterocycles. The van der Waals surface area contributed by atoms with Crippen LogP contribution in [-0.2, 0) is 28.4 Å². The summed E-state index contributed by atoms with van der Waals surface area (Å²) in [6.07, 6.45) is 1.85. The summed E-state index contributed by atoms with van der Waals surface area (Å²) < 4.78 is 25.2. The molecule has 0 heterocycles. The van der Waals surface area contributed by atoms with Crippen molar-refractivity contribution >= 4 is 22.4 Å². The summed E-state index contributed by atoms with van der Waals surface area (Å²) in [4.78, 5) is 11.9. The van der Waals surface area contributed by atoms with Gasteiger partial charge in [-0.15, -0.1) is 0 Å². The Labute approximate surface area is 137 Å². The first kappa shape index (κ1) is 15.9. The molecule has 0 unspecified atom stereocenters. The second kappa shape index (κ2) is 7.04. The summed E-state index contributed by atoms with van der Waals surface area (Å²) in [6.45, 7) is 0. The smallest absolute Gasteiger partial charge is 0.225 e. The highest BCUT2D eigenvalue weighted by atomic mass is 32.2. The van der Waals surface area contributed by atoms with Crippen molar-refractivity contribution in [2.75, 3.05) is 11.1 Å². The fourth-order valence-electron chi connectivity index (χ4n) is 2.82. The molecule has 1 N–H and O–H groups in total. The van der Waals surface area contributed by atoms with Crippen LogP contribution in [-0.4, -0.2) is 21.1 Å². The Balaban J connectivity index is 1.48. The fourth-order valence-corrected chi connectivity index (χ4v) is 4.27. The Morgan fingerprint density at radius 2 is 1.70 bits per heavy atom. The molecule has 2 aromatic carbocycles. The minimum Gasteiger partial charge on any atom is -0.326 e. The van der Waals surface area contributed by atoms with E-state index in [1.165, 1.54) is 35.4 Å². The number of hydrogen-bond donors (Lipinski definition) is 1. The number of anilines is 1. The number of hydrogen-bond acceptors (Lipinski definition) is 2. The van der Waals surface area contributed by atoms with Crippen molar-refractivity contribution in [1.82, 2.24) is 0 Å². The molecule has 0 radical (unpaired) electrons. The first-order valence-electron chi connectivity index (χ1n) is 7.61. The summed E-state index contributed by atoms with van der Waals surface area (Å²) in [5.41, 5.74) is 3.08. The van der Waals surface area contributed by atoms with Crippen molar-refractivity contribution in [2.45, 2.75) is 24.5 Å². The van der Waals surface area contributed by atoms with E-state index in [-0.39, 0.29) is 23.4 Å². The molecular weight excluding hydrogens is 313 g/mol. The van der Waals surface area contributed by atoms with Crippen LogP contribution in [0.5, 0.6) is 0 Å². The van der Waals surface area contributed by atoms with E-state index in [0.717, 1.165) is 12.8 Å². The second-order valence-electron chi connectivity index (χ2n) is 5.69. The van der Waals surface area contributed by atoms with Crippen molar-refractivity contribution in [3.05, 3.63) is 65.5 Å². The Morgan fingerprint density at radius 1 is 1.09 bits per heavy atom. The van der Waals surface area contributed by atoms with E-state index in [4.69, 9.17) is 0 Å². The Morgan fingerprint density at radius 3 is 2.30 bits per heavy atom. The van der Waals surface area contributed by atoms with E-state index in [2.05, 4.69) is 17.4 Å². The molecule has 0 aromatic heterocycles. The minimum atomic E-state index is -1.02. The summed E-state index contributed by atoms with van der Waals surface area (Å²) in [5.74, 6) is -0.184. The fraction of sp³-hybridized carbons (Fsp3) is 0.278. The van der Waals surface area contributed by atoms with E-state index < -0.39 is 10.8 Å². The Bertz CT molecular complexity index is 705. The summed E-state index contributed by atoms with van der Waals surface area (Å²) in [7, 11) is -1.02. The molecule has 0 bridgehead atoms. The van der Waals surface area contributed by atoms with Crippen LogP contribution >= 0.6 is 0 Å². The predicted octanol–water partition coefficient (Wildman–Crippen LogP) is 3.07. The second-order valence-corrected chi connectivity index (χ2v) is 7.53. The molecular formula is C18H18FNO2S. The molecule has 0 saturated carbocycles. The van der Waals surface area contributed by atoms with Crippen LogP contribution in [0.4, 0.5) is 10.1 Å². The highest BCUT2D eigenvalue weighted by molar-refractivity contribution is 7.85.